The minimum Gasteiger partial charge on any atom is -0.485 e. The number of amides is 2. The molecule has 1 aliphatic rings. The Morgan fingerprint density at radius 1 is 1.21 bits per heavy atom. The van der Waals surface area contributed by atoms with Gasteiger partial charge in [0.1, 0.15) is 11.5 Å². The van der Waals surface area contributed by atoms with E-state index in [4.69, 9.17) is 15.2 Å². The lowest BCUT2D eigenvalue weighted by molar-refractivity contribution is -0.122. The molecule has 0 saturated carbocycles. The van der Waals surface area contributed by atoms with Gasteiger partial charge in [-0.1, -0.05) is 25.1 Å². The molecule has 0 atom stereocenters. The number of Topliss-reactive ketones (excluding diaryl/α,β-unsaturated/α-hetero) is 1. The molecule has 0 aromatic heterocycles. The highest BCUT2D eigenvalue weighted by molar-refractivity contribution is 6.02. The average molecular weight is 396 g/mol. The third kappa shape index (κ3) is 4.93. The summed E-state index contributed by atoms with van der Waals surface area (Å²) in [5.74, 6) is 0.373. The Bertz CT molecular complexity index is 925. The number of primary amides is 1. The Morgan fingerprint density at radius 3 is 2.76 bits per heavy atom. The smallest absolute Gasteiger partial charge is 0.265 e. The number of rotatable bonds is 9. The number of benzene rings is 2. The molecule has 2 N–H and O–H groups in total. The molecule has 1 aliphatic heterocycles. The number of fused-ring (bicyclic) bond motifs is 1. The Balaban J connectivity index is 1.74. The highest BCUT2D eigenvalue weighted by Gasteiger charge is 2.26. The normalized spacial score (nSPS) is 12.9. The number of para-hydroxylation sites is 1. The van der Waals surface area contributed by atoms with Crippen molar-refractivity contribution >= 4 is 23.3 Å². The van der Waals surface area contributed by atoms with Crippen molar-refractivity contribution in [3.05, 3.63) is 53.6 Å². The number of ether oxygens (including phenoxy) is 2. The maximum atomic E-state index is 12.7. The molecule has 0 unspecified atom stereocenters. The number of anilines is 1. The minimum absolute atomic E-state index is 0.0756. The van der Waals surface area contributed by atoms with Gasteiger partial charge in [-0.2, -0.15) is 0 Å². The van der Waals surface area contributed by atoms with Gasteiger partial charge >= 0.3 is 0 Å². The molecule has 7 nitrogen and oxygen atoms in total. The number of carbonyl (C=O) groups is 3. The zero-order chi connectivity index (χ0) is 20.8. The van der Waals surface area contributed by atoms with E-state index in [2.05, 4.69) is 0 Å². The van der Waals surface area contributed by atoms with E-state index in [1.54, 1.807) is 18.2 Å². The topological polar surface area (TPSA) is 98.9 Å². The standard InChI is InChI=1S/C22H24N2O5/c1-2-15-6-3-4-7-19(15)28-13-18(25)16-9-10-20-17(12-16)24(22(27)14-29-20)11-5-8-21(23)26/h3-4,6-7,9-10,12H,2,5,8,11,13-14H2,1H3,(H2,23,26). The van der Waals surface area contributed by atoms with Crippen LogP contribution in [0.25, 0.3) is 0 Å². The third-order valence-electron chi connectivity index (χ3n) is 4.74. The number of carbonyl (C=O) groups excluding carboxylic acids is 3. The van der Waals surface area contributed by atoms with Crippen LogP contribution in [-0.2, 0) is 16.0 Å². The van der Waals surface area contributed by atoms with Crippen LogP contribution in [0.2, 0.25) is 0 Å². The molecule has 2 aromatic rings. The lowest BCUT2D eigenvalue weighted by Crippen LogP contribution is -2.39. The van der Waals surface area contributed by atoms with Crippen LogP contribution < -0.4 is 20.1 Å². The van der Waals surface area contributed by atoms with Crippen molar-refractivity contribution in [3.63, 3.8) is 0 Å². The second kappa shape index (κ2) is 9.23. The first kappa shape index (κ1) is 20.4. The van der Waals surface area contributed by atoms with Crippen LogP contribution in [0.15, 0.2) is 42.5 Å². The predicted octanol–water partition coefficient (Wildman–Crippen LogP) is 2.50. The number of aryl methyl sites for hydroxylation is 1. The quantitative estimate of drug-likeness (QED) is 0.657. The maximum Gasteiger partial charge on any atom is 0.265 e. The van der Waals surface area contributed by atoms with E-state index in [0.29, 0.717) is 35.7 Å². The second-order valence-corrected chi connectivity index (χ2v) is 6.76. The van der Waals surface area contributed by atoms with Crippen LogP contribution in [0, 0.1) is 0 Å². The van der Waals surface area contributed by atoms with Gasteiger partial charge in [0.05, 0.1) is 5.69 Å². The molecule has 3 rings (SSSR count). The first-order valence-corrected chi connectivity index (χ1v) is 9.59. The summed E-state index contributed by atoms with van der Waals surface area (Å²) >= 11 is 0. The van der Waals surface area contributed by atoms with Crippen molar-refractivity contribution in [2.45, 2.75) is 26.2 Å². The summed E-state index contributed by atoms with van der Waals surface area (Å²) in [6.45, 7) is 2.17. The van der Waals surface area contributed by atoms with Crippen LogP contribution in [0.3, 0.4) is 0 Å². The monoisotopic (exact) mass is 396 g/mol. The van der Waals surface area contributed by atoms with Crippen molar-refractivity contribution < 1.29 is 23.9 Å². The van der Waals surface area contributed by atoms with E-state index in [9.17, 15) is 14.4 Å². The second-order valence-electron chi connectivity index (χ2n) is 6.76. The largest absolute Gasteiger partial charge is 0.485 e. The minimum atomic E-state index is -0.417. The first-order valence-electron chi connectivity index (χ1n) is 9.59. The van der Waals surface area contributed by atoms with Crippen molar-refractivity contribution in [2.75, 3.05) is 24.7 Å². The van der Waals surface area contributed by atoms with Gasteiger partial charge in [-0.25, -0.2) is 0 Å². The van der Waals surface area contributed by atoms with Crippen molar-refractivity contribution in [2.24, 2.45) is 5.73 Å². The molecule has 0 aliphatic carbocycles. The summed E-state index contributed by atoms with van der Waals surface area (Å²) in [7, 11) is 0. The molecule has 152 valence electrons. The summed E-state index contributed by atoms with van der Waals surface area (Å²) in [6, 6.07) is 12.6. The van der Waals surface area contributed by atoms with Crippen LogP contribution in [-0.4, -0.2) is 37.4 Å². The van der Waals surface area contributed by atoms with E-state index < -0.39 is 5.91 Å². The molecule has 0 bridgehead atoms. The van der Waals surface area contributed by atoms with Crippen LogP contribution in [0.5, 0.6) is 11.5 Å². The Kier molecular flexibility index (Phi) is 6.49. The van der Waals surface area contributed by atoms with Crippen molar-refractivity contribution in [3.8, 4) is 11.5 Å². The van der Waals surface area contributed by atoms with E-state index in [1.165, 1.54) is 4.90 Å². The number of ketones is 1. The van der Waals surface area contributed by atoms with E-state index in [0.717, 1.165) is 12.0 Å². The fourth-order valence-electron chi connectivity index (χ4n) is 3.20. The van der Waals surface area contributed by atoms with Crippen LogP contribution >= 0.6 is 0 Å². The van der Waals surface area contributed by atoms with Gasteiger partial charge in [-0.3, -0.25) is 14.4 Å². The van der Waals surface area contributed by atoms with Crippen molar-refractivity contribution in [1.29, 1.82) is 0 Å². The predicted molar refractivity (Wildman–Crippen MR) is 108 cm³/mol. The molecule has 1 heterocycles. The van der Waals surface area contributed by atoms with Crippen LogP contribution in [0.4, 0.5) is 5.69 Å². The Labute approximate surface area is 169 Å². The molecule has 2 amide bonds. The number of nitrogens with zero attached hydrogens (tertiary/aromatic N) is 1. The molecule has 29 heavy (non-hydrogen) atoms. The van der Waals surface area contributed by atoms with Gasteiger partial charge in [-0.05, 0) is 42.7 Å². The summed E-state index contributed by atoms with van der Waals surface area (Å²) in [5.41, 5.74) is 7.16. The SMILES string of the molecule is CCc1ccccc1OCC(=O)c1ccc2c(c1)N(CCCC(N)=O)C(=O)CO2. The molecule has 0 saturated heterocycles. The van der Waals surface area contributed by atoms with Gasteiger partial charge in [0.15, 0.2) is 19.0 Å². The van der Waals surface area contributed by atoms with E-state index in [-0.39, 0.29) is 31.3 Å². The van der Waals surface area contributed by atoms with Gasteiger partial charge in [0, 0.05) is 18.5 Å². The van der Waals surface area contributed by atoms with Crippen molar-refractivity contribution in [1.82, 2.24) is 0 Å². The molecule has 7 heteroatoms. The Morgan fingerprint density at radius 2 is 2.00 bits per heavy atom. The summed E-state index contributed by atoms with van der Waals surface area (Å²) < 4.78 is 11.2. The van der Waals surface area contributed by atoms with Crippen LogP contribution in [0.1, 0.15) is 35.7 Å². The van der Waals surface area contributed by atoms with Gasteiger partial charge in [0.25, 0.3) is 5.91 Å². The van der Waals surface area contributed by atoms with E-state index >= 15 is 0 Å². The summed E-state index contributed by atoms with van der Waals surface area (Å²) in [5, 5.41) is 0. The number of hydrogen-bond acceptors (Lipinski definition) is 5. The zero-order valence-corrected chi connectivity index (χ0v) is 16.3. The molecular formula is C22H24N2O5. The molecule has 0 radical (unpaired) electrons. The lowest BCUT2D eigenvalue weighted by atomic mass is 10.1. The number of hydrogen-bond donors (Lipinski definition) is 1. The summed E-state index contributed by atoms with van der Waals surface area (Å²) in [4.78, 5) is 37.4. The van der Waals surface area contributed by atoms with Gasteiger partial charge in [0.2, 0.25) is 5.91 Å². The van der Waals surface area contributed by atoms with Gasteiger partial charge in [-0.15, -0.1) is 0 Å². The highest BCUT2D eigenvalue weighted by Crippen LogP contribution is 2.33. The highest BCUT2D eigenvalue weighted by atomic mass is 16.5. The molecule has 0 spiro atoms. The fraction of sp³-hybridized carbons (Fsp3) is 0.318. The lowest BCUT2D eigenvalue weighted by Gasteiger charge is -2.29. The third-order valence-corrected chi connectivity index (χ3v) is 4.74. The van der Waals surface area contributed by atoms with Gasteiger partial charge < -0.3 is 20.1 Å². The molecular weight excluding hydrogens is 372 g/mol. The zero-order valence-electron chi connectivity index (χ0n) is 16.3. The Hall–Kier alpha value is -3.35. The molecule has 0 fully saturated rings. The summed E-state index contributed by atoms with van der Waals surface area (Å²) in [6.07, 6.45) is 1.43. The average Bonchev–Trinajstić information content (AvgIpc) is 2.73. The van der Waals surface area contributed by atoms with E-state index in [1.807, 2.05) is 31.2 Å². The fourth-order valence-corrected chi connectivity index (χ4v) is 3.20. The first-order chi connectivity index (χ1) is 14.0. The number of nitrogens with two attached hydrogens (primary N) is 1. The molecule has 2 aromatic carbocycles. The maximum absolute atomic E-state index is 12.7.